The van der Waals surface area contributed by atoms with Gasteiger partial charge < -0.3 is 4.74 Å². The summed E-state index contributed by atoms with van der Waals surface area (Å²) in [5.74, 6) is -0.0722. The monoisotopic (exact) mass is 248 g/mol. The van der Waals surface area contributed by atoms with Crippen molar-refractivity contribution in [2.75, 3.05) is 0 Å². The molecule has 0 saturated carbocycles. The first-order valence-electron chi connectivity index (χ1n) is 5.21. The number of Topliss-reactive ketones (excluding diaryl/α,β-unsaturated/α-hetero) is 1. The Morgan fingerprint density at radius 2 is 2.06 bits per heavy atom. The third-order valence-electron chi connectivity index (χ3n) is 2.23. The van der Waals surface area contributed by atoms with E-state index in [9.17, 15) is 4.79 Å². The molecule has 5 heteroatoms. The van der Waals surface area contributed by atoms with Crippen molar-refractivity contribution in [3.8, 4) is 0 Å². The van der Waals surface area contributed by atoms with Gasteiger partial charge in [0.1, 0.15) is 5.69 Å². The van der Waals surface area contributed by atoms with Gasteiger partial charge in [-0.05, 0) is 17.1 Å². The molecule has 0 bridgehead atoms. The van der Waals surface area contributed by atoms with Crippen LogP contribution in [-0.2, 0) is 18.0 Å². The Balaban J connectivity index is 1.90. The lowest BCUT2D eigenvalue weighted by Crippen LogP contribution is -2.00. The molecule has 4 nitrogen and oxygen atoms in total. The van der Waals surface area contributed by atoms with Crippen LogP contribution in [0.4, 0.5) is 0 Å². The van der Waals surface area contributed by atoms with Gasteiger partial charge in [-0.25, -0.2) is 0 Å². The average molecular weight is 248 g/mol. The molecule has 0 amide bonds. The summed E-state index contributed by atoms with van der Waals surface area (Å²) in [4.78, 5) is 12.0. The standard InChI is InChI=1S/C12H12N2O2S/c1-9(15)12-11(17-14-13-12)8-16-7-10-5-3-2-4-6-10/h2-6H,7-8H2,1H3. The molecule has 1 aromatic carbocycles. The zero-order valence-electron chi connectivity index (χ0n) is 9.42. The van der Waals surface area contributed by atoms with E-state index < -0.39 is 0 Å². The highest BCUT2D eigenvalue weighted by Crippen LogP contribution is 2.13. The zero-order valence-corrected chi connectivity index (χ0v) is 10.2. The highest BCUT2D eigenvalue weighted by molar-refractivity contribution is 7.05. The predicted molar refractivity (Wildman–Crippen MR) is 64.8 cm³/mol. The third kappa shape index (κ3) is 3.18. The van der Waals surface area contributed by atoms with E-state index in [0.29, 0.717) is 18.9 Å². The van der Waals surface area contributed by atoms with Crippen molar-refractivity contribution in [2.45, 2.75) is 20.1 Å². The second kappa shape index (κ2) is 5.65. The molecular formula is C12H12N2O2S. The summed E-state index contributed by atoms with van der Waals surface area (Å²) >= 11 is 1.21. The number of carbonyl (C=O) groups is 1. The van der Waals surface area contributed by atoms with Gasteiger partial charge in [0.05, 0.1) is 18.1 Å². The van der Waals surface area contributed by atoms with Crippen LogP contribution in [0, 0.1) is 0 Å². The molecule has 88 valence electrons. The quantitative estimate of drug-likeness (QED) is 0.763. The number of nitrogens with zero attached hydrogens (tertiary/aromatic N) is 2. The molecular weight excluding hydrogens is 236 g/mol. The van der Waals surface area contributed by atoms with Gasteiger partial charge in [-0.2, -0.15) is 0 Å². The van der Waals surface area contributed by atoms with E-state index in [0.717, 1.165) is 10.4 Å². The molecule has 0 unspecified atom stereocenters. The van der Waals surface area contributed by atoms with Gasteiger partial charge in [0.2, 0.25) is 0 Å². The smallest absolute Gasteiger partial charge is 0.181 e. The Morgan fingerprint density at radius 3 is 2.76 bits per heavy atom. The average Bonchev–Trinajstić information content (AvgIpc) is 2.79. The van der Waals surface area contributed by atoms with Crippen LogP contribution in [0.25, 0.3) is 0 Å². The predicted octanol–water partition coefficient (Wildman–Crippen LogP) is 2.46. The van der Waals surface area contributed by atoms with Crippen LogP contribution in [0.3, 0.4) is 0 Å². The first-order chi connectivity index (χ1) is 8.27. The topological polar surface area (TPSA) is 52.1 Å². The summed E-state index contributed by atoms with van der Waals surface area (Å²) in [6, 6.07) is 9.89. The van der Waals surface area contributed by atoms with E-state index in [1.54, 1.807) is 0 Å². The van der Waals surface area contributed by atoms with E-state index >= 15 is 0 Å². The van der Waals surface area contributed by atoms with E-state index in [-0.39, 0.29) is 5.78 Å². The van der Waals surface area contributed by atoms with Crippen LogP contribution >= 0.6 is 11.5 Å². The van der Waals surface area contributed by atoms with Crippen molar-refractivity contribution in [2.24, 2.45) is 0 Å². The third-order valence-corrected chi connectivity index (χ3v) is 2.93. The van der Waals surface area contributed by atoms with E-state index in [1.165, 1.54) is 18.5 Å². The fourth-order valence-electron chi connectivity index (χ4n) is 1.41. The van der Waals surface area contributed by atoms with Crippen molar-refractivity contribution < 1.29 is 9.53 Å². The summed E-state index contributed by atoms with van der Waals surface area (Å²) in [5.41, 5.74) is 1.53. The van der Waals surface area contributed by atoms with Crippen molar-refractivity contribution in [1.82, 2.24) is 9.59 Å². The first-order valence-corrected chi connectivity index (χ1v) is 5.98. The Labute approximate surface area is 103 Å². The van der Waals surface area contributed by atoms with Crippen LogP contribution in [0.15, 0.2) is 30.3 Å². The minimum absolute atomic E-state index is 0.0722. The number of carbonyl (C=O) groups excluding carboxylic acids is 1. The lowest BCUT2D eigenvalue weighted by atomic mass is 10.2. The zero-order chi connectivity index (χ0) is 12.1. The number of hydrogen-bond donors (Lipinski definition) is 0. The number of rotatable bonds is 5. The molecule has 0 atom stereocenters. The van der Waals surface area contributed by atoms with E-state index in [1.807, 2.05) is 30.3 Å². The minimum atomic E-state index is -0.0722. The van der Waals surface area contributed by atoms with Crippen LogP contribution in [0.1, 0.15) is 27.9 Å². The van der Waals surface area contributed by atoms with Crippen LogP contribution in [0.5, 0.6) is 0 Å². The molecule has 1 heterocycles. The molecule has 17 heavy (non-hydrogen) atoms. The van der Waals surface area contributed by atoms with Crippen LogP contribution in [0.2, 0.25) is 0 Å². The fraction of sp³-hybridized carbons (Fsp3) is 0.250. The van der Waals surface area contributed by atoms with Gasteiger partial charge in [0, 0.05) is 6.92 Å². The second-order valence-corrected chi connectivity index (χ2v) is 4.42. The van der Waals surface area contributed by atoms with E-state index in [4.69, 9.17) is 4.74 Å². The fourth-order valence-corrected chi connectivity index (χ4v) is 2.03. The Morgan fingerprint density at radius 1 is 1.29 bits per heavy atom. The van der Waals surface area contributed by atoms with Crippen molar-refractivity contribution >= 4 is 17.3 Å². The maximum absolute atomic E-state index is 11.2. The normalized spacial score (nSPS) is 10.4. The molecule has 2 aromatic rings. The molecule has 1 aromatic heterocycles. The largest absolute Gasteiger partial charge is 0.371 e. The Hall–Kier alpha value is -1.59. The highest BCUT2D eigenvalue weighted by atomic mass is 32.1. The number of benzene rings is 1. The van der Waals surface area contributed by atoms with Gasteiger partial charge in [-0.1, -0.05) is 34.8 Å². The molecule has 0 aliphatic rings. The highest BCUT2D eigenvalue weighted by Gasteiger charge is 2.12. The molecule has 0 N–H and O–H groups in total. The Bertz CT molecular complexity index is 496. The lowest BCUT2D eigenvalue weighted by molar-refractivity contribution is 0.0978. The van der Waals surface area contributed by atoms with Crippen LogP contribution < -0.4 is 0 Å². The van der Waals surface area contributed by atoms with Crippen molar-refractivity contribution in [1.29, 1.82) is 0 Å². The maximum atomic E-state index is 11.2. The van der Waals surface area contributed by atoms with Crippen molar-refractivity contribution in [3.63, 3.8) is 0 Å². The summed E-state index contributed by atoms with van der Waals surface area (Å²) in [7, 11) is 0. The van der Waals surface area contributed by atoms with Gasteiger partial charge in [-0.3, -0.25) is 4.79 Å². The second-order valence-electron chi connectivity index (χ2n) is 3.58. The van der Waals surface area contributed by atoms with Crippen LogP contribution in [-0.4, -0.2) is 15.4 Å². The van der Waals surface area contributed by atoms with Gasteiger partial charge in [0.15, 0.2) is 5.78 Å². The molecule has 2 rings (SSSR count). The first kappa shape index (κ1) is 11.9. The van der Waals surface area contributed by atoms with Gasteiger partial charge in [0.25, 0.3) is 0 Å². The Kier molecular flexibility index (Phi) is 3.95. The number of ketones is 1. The summed E-state index contributed by atoms with van der Waals surface area (Å²) < 4.78 is 9.29. The maximum Gasteiger partial charge on any atom is 0.181 e. The number of ether oxygens (including phenoxy) is 1. The number of aromatic nitrogens is 2. The molecule has 0 fully saturated rings. The lowest BCUT2D eigenvalue weighted by Gasteiger charge is -2.02. The molecule has 0 aliphatic carbocycles. The summed E-state index contributed by atoms with van der Waals surface area (Å²) in [6.07, 6.45) is 0. The molecule has 0 saturated heterocycles. The minimum Gasteiger partial charge on any atom is -0.371 e. The van der Waals surface area contributed by atoms with Gasteiger partial charge in [-0.15, -0.1) is 5.10 Å². The molecule has 0 aliphatic heterocycles. The van der Waals surface area contributed by atoms with Crippen molar-refractivity contribution in [3.05, 3.63) is 46.5 Å². The van der Waals surface area contributed by atoms with Gasteiger partial charge >= 0.3 is 0 Å². The number of hydrogen-bond acceptors (Lipinski definition) is 5. The molecule has 0 spiro atoms. The summed E-state index contributed by atoms with van der Waals surface area (Å²) in [5, 5.41) is 3.78. The van der Waals surface area contributed by atoms with E-state index in [2.05, 4.69) is 9.59 Å². The summed E-state index contributed by atoms with van der Waals surface area (Å²) in [6.45, 7) is 2.38. The molecule has 0 radical (unpaired) electrons. The SMILES string of the molecule is CC(=O)c1nnsc1COCc1ccccc1.